The number of para-hydroxylation sites is 1. The quantitative estimate of drug-likeness (QED) is 0.140. The average molecular weight is 603 g/mol. The fourth-order valence-corrected chi connectivity index (χ4v) is 5.73. The SMILES string of the molecule is [C-]#[N+]c1ccccc1-c1nc2cc(-c3ccc4nc(/C(C)=C/C=C)c(-c5ccccc5C#N)nc4c3)ccc2nc1-c1ccccc1. The second kappa shape index (κ2) is 12.3. The van der Waals surface area contributed by atoms with E-state index in [0.29, 0.717) is 39.4 Å². The molecular weight excluding hydrogens is 576 g/mol. The monoisotopic (exact) mass is 602 g/mol. The Labute approximate surface area is 272 Å². The molecule has 0 saturated heterocycles. The molecule has 6 heteroatoms. The van der Waals surface area contributed by atoms with Gasteiger partial charge in [0, 0.05) is 16.7 Å². The van der Waals surface area contributed by atoms with Crippen molar-refractivity contribution in [3.8, 4) is 51.0 Å². The Bertz CT molecular complexity index is 2460. The normalized spacial score (nSPS) is 11.3. The van der Waals surface area contributed by atoms with E-state index in [1.54, 1.807) is 18.2 Å². The molecule has 5 aromatic carbocycles. The van der Waals surface area contributed by atoms with Crippen molar-refractivity contribution in [3.63, 3.8) is 0 Å². The molecule has 7 aromatic rings. The molecule has 0 aliphatic rings. The molecule has 0 fully saturated rings. The molecule has 0 aliphatic carbocycles. The lowest BCUT2D eigenvalue weighted by molar-refractivity contribution is 1.24. The van der Waals surface area contributed by atoms with Crippen molar-refractivity contribution in [3.05, 3.63) is 157 Å². The highest BCUT2D eigenvalue weighted by Crippen LogP contribution is 2.37. The second-order valence-electron chi connectivity index (χ2n) is 11.0. The van der Waals surface area contributed by atoms with Gasteiger partial charge in [-0.2, -0.15) is 5.26 Å². The van der Waals surface area contributed by atoms with Gasteiger partial charge in [0.15, 0.2) is 5.69 Å². The fraction of sp³-hybridized carbons (Fsp3) is 0.0244. The maximum atomic E-state index is 9.85. The number of allylic oxidation sites excluding steroid dienone is 3. The Hall–Kier alpha value is -6.76. The van der Waals surface area contributed by atoms with E-state index in [1.165, 1.54) is 0 Å². The van der Waals surface area contributed by atoms with Crippen LogP contribution >= 0.6 is 0 Å². The smallest absolute Gasteiger partial charge is 0.196 e. The number of nitrogens with zero attached hydrogens (tertiary/aromatic N) is 6. The summed E-state index contributed by atoms with van der Waals surface area (Å²) in [6, 6.07) is 39.2. The van der Waals surface area contributed by atoms with Crippen LogP contribution < -0.4 is 0 Å². The molecule has 47 heavy (non-hydrogen) atoms. The highest BCUT2D eigenvalue weighted by molar-refractivity contribution is 5.93. The lowest BCUT2D eigenvalue weighted by Crippen LogP contribution is -1.99. The van der Waals surface area contributed by atoms with Gasteiger partial charge < -0.3 is 0 Å². The molecule has 0 atom stereocenters. The molecule has 0 spiro atoms. The third kappa shape index (κ3) is 5.42. The first-order valence-corrected chi connectivity index (χ1v) is 15.0. The summed E-state index contributed by atoms with van der Waals surface area (Å²) in [6.45, 7) is 13.6. The third-order valence-electron chi connectivity index (χ3n) is 8.03. The molecule has 7 rings (SSSR count). The number of benzene rings is 5. The zero-order valence-electron chi connectivity index (χ0n) is 25.5. The summed E-state index contributed by atoms with van der Waals surface area (Å²) >= 11 is 0. The molecule has 220 valence electrons. The summed E-state index contributed by atoms with van der Waals surface area (Å²) < 4.78 is 0. The average Bonchev–Trinajstić information content (AvgIpc) is 3.13. The van der Waals surface area contributed by atoms with Crippen LogP contribution in [0.2, 0.25) is 0 Å². The van der Waals surface area contributed by atoms with Crippen LogP contribution in [-0.4, -0.2) is 19.9 Å². The van der Waals surface area contributed by atoms with Gasteiger partial charge in [0.05, 0.1) is 63.0 Å². The Morgan fingerprint density at radius 1 is 0.660 bits per heavy atom. The van der Waals surface area contributed by atoms with E-state index in [4.69, 9.17) is 26.5 Å². The summed E-state index contributed by atoms with van der Waals surface area (Å²) in [6.07, 6.45) is 3.62. The predicted molar refractivity (Wildman–Crippen MR) is 189 cm³/mol. The Kier molecular flexibility index (Phi) is 7.60. The zero-order chi connectivity index (χ0) is 32.3. The van der Waals surface area contributed by atoms with Crippen LogP contribution in [0.1, 0.15) is 18.2 Å². The summed E-state index contributed by atoms with van der Waals surface area (Å²) in [5.74, 6) is 0. The first kappa shape index (κ1) is 29.0. The van der Waals surface area contributed by atoms with Crippen molar-refractivity contribution in [2.45, 2.75) is 6.92 Å². The summed E-state index contributed by atoms with van der Waals surface area (Å²) in [7, 11) is 0. The van der Waals surface area contributed by atoms with Crippen LogP contribution in [0.5, 0.6) is 0 Å². The van der Waals surface area contributed by atoms with Gasteiger partial charge in [0.1, 0.15) is 0 Å². The minimum atomic E-state index is 0.522. The summed E-state index contributed by atoms with van der Waals surface area (Å²) in [4.78, 5) is 24.0. The number of hydrogen-bond donors (Lipinski definition) is 0. The molecule has 6 nitrogen and oxygen atoms in total. The van der Waals surface area contributed by atoms with Crippen LogP contribution in [0.4, 0.5) is 5.69 Å². The van der Waals surface area contributed by atoms with Gasteiger partial charge in [-0.3, -0.25) is 0 Å². The molecule has 2 heterocycles. The molecule has 0 aliphatic heterocycles. The van der Waals surface area contributed by atoms with E-state index in [9.17, 15) is 5.26 Å². The van der Waals surface area contributed by atoms with Crippen molar-refractivity contribution in [1.29, 1.82) is 5.26 Å². The van der Waals surface area contributed by atoms with Crippen LogP contribution in [0.3, 0.4) is 0 Å². The predicted octanol–water partition coefficient (Wildman–Crippen LogP) is 10.3. The van der Waals surface area contributed by atoms with Crippen molar-refractivity contribution < 1.29 is 0 Å². The Morgan fingerprint density at radius 3 is 1.94 bits per heavy atom. The molecule has 0 saturated carbocycles. The van der Waals surface area contributed by atoms with Gasteiger partial charge in [0.2, 0.25) is 0 Å². The maximum Gasteiger partial charge on any atom is 0.196 e. The van der Waals surface area contributed by atoms with Crippen molar-refractivity contribution in [2.75, 3.05) is 0 Å². The number of hydrogen-bond acceptors (Lipinski definition) is 5. The van der Waals surface area contributed by atoms with E-state index in [1.807, 2.05) is 116 Å². The molecule has 2 aromatic heterocycles. The van der Waals surface area contributed by atoms with Crippen LogP contribution in [-0.2, 0) is 0 Å². The lowest BCUT2D eigenvalue weighted by atomic mass is 9.99. The topological polar surface area (TPSA) is 79.7 Å². The zero-order valence-corrected chi connectivity index (χ0v) is 25.5. The van der Waals surface area contributed by atoms with E-state index in [0.717, 1.165) is 50.1 Å². The minimum Gasteiger partial charge on any atom is -0.245 e. The van der Waals surface area contributed by atoms with Gasteiger partial charge in [-0.1, -0.05) is 104 Å². The van der Waals surface area contributed by atoms with E-state index in [2.05, 4.69) is 17.5 Å². The molecule has 0 N–H and O–H groups in total. The van der Waals surface area contributed by atoms with Gasteiger partial charge in [-0.15, -0.1) is 0 Å². The first-order chi connectivity index (χ1) is 23.1. The molecule has 0 radical (unpaired) electrons. The van der Waals surface area contributed by atoms with Crippen molar-refractivity contribution >= 4 is 33.3 Å². The maximum absolute atomic E-state index is 9.85. The Balaban J connectivity index is 1.40. The summed E-state index contributed by atoms with van der Waals surface area (Å²) in [5.41, 5.74) is 11.9. The van der Waals surface area contributed by atoms with Gasteiger partial charge in [-0.25, -0.2) is 24.8 Å². The van der Waals surface area contributed by atoms with Gasteiger partial charge in [-0.05, 0) is 54.0 Å². The first-order valence-electron chi connectivity index (χ1n) is 15.0. The fourth-order valence-electron chi connectivity index (χ4n) is 5.73. The van der Waals surface area contributed by atoms with Crippen LogP contribution in [0, 0.1) is 17.9 Å². The van der Waals surface area contributed by atoms with E-state index in [-0.39, 0.29) is 0 Å². The molecular formula is C41H26N6. The Morgan fingerprint density at radius 2 is 1.26 bits per heavy atom. The standard InChI is InChI=1S/C41H26N6/c1-4-12-26(2)38-40(31-16-9-8-15-30(31)25-42)46-36-23-28(19-21-34(36)44-38)29-20-22-35-37(24-29)47-41(32-17-10-11-18-33(32)43-3)39(45-35)27-13-6-5-7-14-27/h4-24H,1H2,2H3/b26-12+. The minimum absolute atomic E-state index is 0.522. The number of rotatable bonds is 6. The number of aromatic nitrogens is 4. The summed E-state index contributed by atoms with van der Waals surface area (Å²) in [5, 5.41) is 9.85. The van der Waals surface area contributed by atoms with Crippen LogP contribution in [0.25, 0.3) is 77.4 Å². The van der Waals surface area contributed by atoms with Gasteiger partial charge >= 0.3 is 0 Å². The number of fused-ring (bicyclic) bond motifs is 2. The highest BCUT2D eigenvalue weighted by Gasteiger charge is 2.18. The lowest BCUT2D eigenvalue weighted by Gasteiger charge is -2.14. The largest absolute Gasteiger partial charge is 0.245 e. The van der Waals surface area contributed by atoms with E-state index >= 15 is 0 Å². The van der Waals surface area contributed by atoms with Crippen LogP contribution in [0.15, 0.2) is 134 Å². The molecule has 0 bridgehead atoms. The highest BCUT2D eigenvalue weighted by atomic mass is 14.8. The third-order valence-corrected chi connectivity index (χ3v) is 8.03. The number of nitriles is 1. The molecule has 0 unspecified atom stereocenters. The van der Waals surface area contributed by atoms with Crippen molar-refractivity contribution in [1.82, 2.24) is 19.9 Å². The van der Waals surface area contributed by atoms with Crippen molar-refractivity contribution in [2.24, 2.45) is 0 Å². The van der Waals surface area contributed by atoms with Gasteiger partial charge in [0.25, 0.3) is 0 Å². The molecule has 0 amide bonds. The van der Waals surface area contributed by atoms with E-state index < -0.39 is 0 Å². The second-order valence-corrected chi connectivity index (χ2v) is 11.0.